The third-order valence-corrected chi connectivity index (χ3v) is 32.3. The average Bonchev–Trinajstić information content (AvgIpc) is 1.45. The van der Waals surface area contributed by atoms with Crippen molar-refractivity contribution >= 4 is 233 Å². The summed E-state index contributed by atoms with van der Waals surface area (Å²) in [6.07, 6.45) is 0. The van der Waals surface area contributed by atoms with Crippen molar-refractivity contribution in [2.75, 3.05) is 14.7 Å². The zero-order chi connectivity index (χ0) is 99.1. The quantitative estimate of drug-likeness (QED) is 0.0954. The summed E-state index contributed by atoms with van der Waals surface area (Å²) in [5.41, 5.74) is 26.4. The summed E-state index contributed by atoms with van der Waals surface area (Å²) in [5, 5.41) is 30.7. The van der Waals surface area contributed by atoms with Crippen LogP contribution in [-0.4, -0.2) is 0 Å². The molecule has 0 aliphatic heterocycles. The number of furan rings is 1. The van der Waals surface area contributed by atoms with Crippen LogP contribution >= 0.6 is 22.7 Å². The second-order valence-electron chi connectivity index (χ2n) is 38.9. The fourth-order valence-corrected chi connectivity index (χ4v) is 25.0. The van der Waals surface area contributed by atoms with Gasteiger partial charge in [-0.15, -0.1) is 22.7 Å². The van der Waals surface area contributed by atoms with E-state index in [0.29, 0.717) is 0 Å². The third kappa shape index (κ3) is 16.3. The fourth-order valence-electron chi connectivity index (χ4n) is 22.7. The van der Waals surface area contributed by atoms with E-state index in [-0.39, 0.29) is 0 Å². The van der Waals surface area contributed by atoms with Crippen LogP contribution in [0.1, 0.15) is 0 Å². The Hall–Kier alpha value is -19.1. The van der Waals surface area contributed by atoms with Gasteiger partial charge in [0.25, 0.3) is 0 Å². The summed E-state index contributed by atoms with van der Waals surface area (Å²) in [7, 11) is 0. The Bertz CT molecular complexity index is 10400. The Morgan fingerprint density at radius 2 is 0.427 bits per heavy atom. The number of rotatable bonds is 15. The minimum Gasteiger partial charge on any atom is -0.456 e. The van der Waals surface area contributed by atoms with Gasteiger partial charge in [-0.2, -0.15) is 0 Å². The van der Waals surface area contributed by atoms with Gasteiger partial charge < -0.3 is 19.1 Å². The minimum absolute atomic E-state index is 0.926. The molecule has 0 fully saturated rings. The van der Waals surface area contributed by atoms with Crippen LogP contribution in [0.4, 0.5) is 51.2 Å². The molecule has 0 saturated heterocycles. The van der Waals surface area contributed by atoms with E-state index in [1.54, 1.807) is 0 Å². The van der Waals surface area contributed by atoms with Crippen LogP contribution < -0.4 is 14.7 Å². The highest BCUT2D eigenvalue weighted by Gasteiger charge is 2.24. The lowest BCUT2D eigenvalue weighted by Gasteiger charge is -2.28. The number of anilines is 9. The number of para-hydroxylation sites is 5. The molecule has 3 heterocycles. The topological polar surface area (TPSA) is 22.9 Å². The Balaban J connectivity index is 0.000000108. The fraction of sp³-hybridized carbons (Fsp3) is 0. The summed E-state index contributed by atoms with van der Waals surface area (Å²) < 4.78 is 11.6. The van der Waals surface area contributed by atoms with Crippen molar-refractivity contribution < 1.29 is 4.42 Å². The van der Waals surface area contributed by atoms with Crippen molar-refractivity contribution in [2.45, 2.75) is 0 Å². The second-order valence-corrected chi connectivity index (χ2v) is 41.0. The van der Waals surface area contributed by atoms with Gasteiger partial charge in [-0.25, -0.2) is 0 Å². The first-order valence-electron chi connectivity index (χ1n) is 51.3. The molecular formula is C144H93N3OS2. The summed E-state index contributed by atoms with van der Waals surface area (Å²) >= 11 is 3.77. The molecule has 4 nitrogen and oxygen atoms in total. The molecule has 30 aromatic rings. The summed E-state index contributed by atoms with van der Waals surface area (Å²) in [6, 6.07) is 205. The van der Waals surface area contributed by atoms with Gasteiger partial charge in [-0.3, -0.25) is 0 Å². The molecule has 0 amide bonds. The van der Waals surface area contributed by atoms with Crippen molar-refractivity contribution in [2.24, 2.45) is 0 Å². The van der Waals surface area contributed by atoms with E-state index < -0.39 is 0 Å². The van der Waals surface area contributed by atoms with Gasteiger partial charge in [-0.1, -0.05) is 388 Å². The molecule has 0 unspecified atom stereocenters. The highest BCUT2D eigenvalue weighted by Crippen LogP contribution is 2.50. The molecular weight excluding hydrogens is 1850 g/mol. The van der Waals surface area contributed by atoms with E-state index in [1.807, 2.05) is 34.8 Å². The largest absolute Gasteiger partial charge is 0.456 e. The molecule has 0 saturated carbocycles. The smallest absolute Gasteiger partial charge is 0.136 e. The highest BCUT2D eigenvalue weighted by atomic mass is 32.1. The van der Waals surface area contributed by atoms with Gasteiger partial charge in [0.2, 0.25) is 0 Å². The zero-order valence-electron chi connectivity index (χ0n) is 81.8. The first kappa shape index (κ1) is 88.6. The molecule has 0 aliphatic carbocycles. The van der Waals surface area contributed by atoms with E-state index in [4.69, 9.17) is 4.42 Å². The Kier molecular flexibility index (Phi) is 22.3. The van der Waals surface area contributed by atoms with Gasteiger partial charge in [-0.05, 0) is 334 Å². The lowest BCUT2D eigenvalue weighted by Crippen LogP contribution is -2.11. The summed E-state index contributed by atoms with van der Waals surface area (Å²) in [5.74, 6) is 0. The maximum Gasteiger partial charge on any atom is 0.136 e. The maximum atomic E-state index is 6.22. The molecule has 0 bridgehead atoms. The number of benzene rings is 27. The molecule has 30 rings (SSSR count). The Morgan fingerprint density at radius 3 is 0.860 bits per heavy atom. The van der Waals surface area contributed by atoms with Gasteiger partial charge in [0.15, 0.2) is 0 Å². The minimum atomic E-state index is 0.926. The molecule has 702 valence electrons. The first-order chi connectivity index (χ1) is 74.3. The molecule has 3 aromatic heterocycles. The number of hydrogen-bond donors (Lipinski definition) is 0. The molecule has 0 radical (unpaired) electrons. The monoisotopic (exact) mass is 1940 g/mol. The molecule has 0 N–H and O–H groups in total. The molecule has 0 atom stereocenters. The molecule has 0 aliphatic rings. The van der Waals surface area contributed by atoms with Gasteiger partial charge in [0.1, 0.15) is 11.2 Å². The van der Waals surface area contributed by atoms with Crippen LogP contribution in [0, 0.1) is 0 Å². The molecule has 27 aromatic carbocycles. The zero-order valence-corrected chi connectivity index (χ0v) is 83.4. The second kappa shape index (κ2) is 37.8. The van der Waals surface area contributed by atoms with Crippen molar-refractivity contribution in [3.05, 3.63) is 564 Å². The van der Waals surface area contributed by atoms with Crippen LogP contribution in [0.3, 0.4) is 0 Å². The number of nitrogens with zero attached hydrogens (tertiary/aromatic N) is 3. The number of fused-ring (bicyclic) bond motifs is 24. The predicted octanol–water partition coefficient (Wildman–Crippen LogP) is 42.5. The van der Waals surface area contributed by atoms with Crippen LogP contribution in [-0.2, 0) is 0 Å². The lowest BCUT2D eigenvalue weighted by atomic mass is 9.93. The standard InChI is InChI=1S/C48H31NO.2C48H31NS/c1-3-9-32(10-4-1)33-19-24-40(25-20-33)49(39-11-5-2-6-12-39)41-26-21-34(22-27-41)36-23-28-42-37(29-36)17-15-35-16-18-38-30-47-45(31-44(38)48(35)42)43-13-7-8-14-46(43)50-47;1-3-12-32(13-4-1)40-18-7-9-20-45(40)49(38-15-5-2-6-16-38)39-17-11-14-34(29-39)35-26-27-41-36(28-35)24-22-33-23-25-37-30-44-42-19-8-10-21-46(42)50-47(44)31-43(37)48(33)41;1-3-9-32(10-4-1)33-19-24-40(25-20-33)49(39-11-5-2-6-12-39)41-26-21-34(22-27-41)36-23-28-42-37(29-36)17-15-35-16-18-38-30-45-43-13-7-8-14-46(43)50-47(45)31-44(38)48(35)42/h3*1-31H. The van der Waals surface area contributed by atoms with E-state index in [0.717, 1.165) is 73.1 Å². The van der Waals surface area contributed by atoms with E-state index in [9.17, 15) is 0 Å². The highest BCUT2D eigenvalue weighted by molar-refractivity contribution is 7.26. The lowest BCUT2D eigenvalue weighted by molar-refractivity contribution is 0.669. The average molecular weight is 1950 g/mol. The van der Waals surface area contributed by atoms with E-state index >= 15 is 0 Å². The maximum absolute atomic E-state index is 6.22. The van der Waals surface area contributed by atoms with Gasteiger partial charge in [0, 0.05) is 102 Å². The normalized spacial score (nSPS) is 11.6. The predicted molar refractivity (Wildman–Crippen MR) is 647 cm³/mol. The Morgan fingerprint density at radius 1 is 0.133 bits per heavy atom. The van der Waals surface area contributed by atoms with Crippen molar-refractivity contribution in [3.63, 3.8) is 0 Å². The number of hydrogen-bond acceptors (Lipinski definition) is 6. The van der Waals surface area contributed by atoms with E-state index in [1.165, 1.54) is 204 Å². The van der Waals surface area contributed by atoms with Crippen LogP contribution in [0.2, 0.25) is 0 Å². The van der Waals surface area contributed by atoms with Crippen LogP contribution in [0.15, 0.2) is 569 Å². The van der Waals surface area contributed by atoms with Crippen molar-refractivity contribution in [1.82, 2.24) is 0 Å². The van der Waals surface area contributed by atoms with Gasteiger partial charge in [0.05, 0.1) is 5.69 Å². The van der Waals surface area contributed by atoms with Gasteiger partial charge >= 0.3 is 0 Å². The van der Waals surface area contributed by atoms with Crippen LogP contribution in [0.25, 0.3) is 226 Å². The van der Waals surface area contributed by atoms with Crippen LogP contribution in [0.5, 0.6) is 0 Å². The molecule has 6 heteroatoms. The SMILES string of the molecule is c1ccc(-c2ccc(N(c3ccccc3)c3ccc(-c4ccc5c(ccc6ccc7cc8c(cc7c65)sc5ccccc58)c4)cc3)cc2)cc1.c1ccc(-c2ccc(N(c3ccccc3)c3ccc(-c4ccc5c(ccc6ccc7cc8oc9ccccc9c8cc7c65)c4)cc3)cc2)cc1.c1ccc(-c2ccccc2N(c2ccccc2)c2cccc(-c3ccc4c(ccc5ccc6cc7c(cc6c54)sc4ccccc47)c3)c2)cc1. The third-order valence-electron chi connectivity index (χ3n) is 30.0. The van der Waals surface area contributed by atoms with Crippen molar-refractivity contribution in [1.29, 1.82) is 0 Å². The van der Waals surface area contributed by atoms with E-state index in [2.05, 4.69) is 567 Å². The first-order valence-corrected chi connectivity index (χ1v) is 52.9. The molecule has 150 heavy (non-hydrogen) atoms. The summed E-state index contributed by atoms with van der Waals surface area (Å²) in [4.78, 5) is 7.02. The number of thiophene rings is 2. The summed E-state index contributed by atoms with van der Waals surface area (Å²) in [6.45, 7) is 0. The molecule has 0 spiro atoms. The Labute approximate surface area is 876 Å². The van der Waals surface area contributed by atoms with Crippen molar-refractivity contribution in [3.8, 4) is 66.8 Å².